The number of anilines is 1. The van der Waals surface area contributed by atoms with Gasteiger partial charge in [-0.25, -0.2) is 4.68 Å². The van der Waals surface area contributed by atoms with Crippen LogP contribution in [0.1, 0.15) is 28.8 Å². The van der Waals surface area contributed by atoms with Gasteiger partial charge in [0.05, 0.1) is 5.69 Å². The Balaban J connectivity index is 1.19. The predicted octanol–water partition coefficient (Wildman–Crippen LogP) is 2.40. The maximum atomic E-state index is 13.2. The fourth-order valence-electron chi connectivity index (χ4n) is 4.90. The van der Waals surface area contributed by atoms with Crippen LogP contribution < -0.4 is 4.90 Å². The molecule has 0 radical (unpaired) electrons. The molecule has 3 aromatic rings. The highest BCUT2D eigenvalue weighted by Crippen LogP contribution is 2.24. The zero-order valence-corrected chi connectivity index (χ0v) is 18.5. The van der Waals surface area contributed by atoms with Crippen LogP contribution in [0.4, 0.5) is 5.69 Å². The quantitative estimate of drug-likeness (QED) is 0.632. The minimum Gasteiger partial charge on any atom is -0.369 e. The standard InChI is InChI=1S/C24H29N7O/c1-19-5-2-3-7-23(19)29-15-13-28(14-16-29)22-6-4-12-30(17-22)24(32)20-8-10-21(11-9-20)31-18-25-26-27-31/h2-3,5,7-11,18,22H,4,6,12-17H2,1H3/t22-/m1/s1. The number of nitrogens with zero attached hydrogens (tertiary/aromatic N) is 7. The number of carbonyl (C=O) groups excluding carboxylic acids is 1. The molecule has 0 unspecified atom stereocenters. The van der Waals surface area contributed by atoms with Crippen LogP contribution in [0.2, 0.25) is 0 Å². The van der Waals surface area contributed by atoms with Crippen molar-refractivity contribution < 1.29 is 4.79 Å². The Hall–Kier alpha value is -3.26. The van der Waals surface area contributed by atoms with Crippen LogP contribution in [-0.2, 0) is 0 Å². The van der Waals surface area contributed by atoms with Gasteiger partial charge in [0.25, 0.3) is 5.91 Å². The minimum atomic E-state index is 0.108. The number of hydrogen-bond acceptors (Lipinski definition) is 6. The van der Waals surface area contributed by atoms with Crippen molar-refractivity contribution in [1.29, 1.82) is 0 Å². The van der Waals surface area contributed by atoms with Gasteiger partial charge in [0.15, 0.2) is 0 Å². The molecule has 2 aromatic carbocycles. The maximum absolute atomic E-state index is 13.2. The van der Waals surface area contributed by atoms with Gasteiger partial charge in [-0.2, -0.15) is 0 Å². The highest BCUT2D eigenvalue weighted by molar-refractivity contribution is 5.94. The van der Waals surface area contributed by atoms with Crippen molar-refractivity contribution in [1.82, 2.24) is 30.0 Å². The molecule has 2 saturated heterocycles. The number of aryl methyl sites for hydroxylation is 1. The zero-order valence-electron chi connectivity index (χ0n) is 18.5. The van der Waals surface area contributed by atoms with E-state index in [1.807, 2.05) is 29.2 Å². The average molecular weight is 432 g/mol. The summed E-state index contributed by atoms with van der Waals surface area (Å²) in [5, 5.41) is 11.2. The number of piperidine rings is 1. The van der Waals surface area contributed by atoms with Gasteiger partial charge in [-0.15, -0.1) is 5.10 Å². The number of hydrogen-bond donors (Lipinski definition) is 0. The van der Waals surface area contributed by atoms with E-state index in [4.69, 9.17) is 0 Å². The van der Waals surface area contributed by atoms with E-state index in [-0.39, 0.29) is 5.91 Å². The molecule has 0 bridgehead atoms. The van der Waals surface area contributed by atoms with Crippen molar-refractivity contribution in [2.75, 3.05) is 44.2 Å². The van der Waals surface area contributed by atoms with Crippen molar-refractivity contribution in [2.45, 2.75) is 25.8 Å². The Bertz CT molecular complexity index is 1040. The fraction of sp³-hybridized carbons (Fsp3) is 0.417. The van der Waals surface area contributed by atoms with Gasteiger partial charge in [0, 0.05) is 56.6 Å². The second kappa shape index (κ2) is 9.08. The third-order valence-corrected chi connectivity index (χ3v) is 6.70. The Kier molecular flexibility index (Phi) is 5.85. The molecule has 3 heterocycles. The van der Waals surface area contributed by atoms with Crippen LogP contribution in [0.25, 0.3) is 5.69 Å². The second-order valence-corrected chi connectivity index (χ2v) is 8.66. The molecule has 166 valence electrons. The fourth-order valence-corrected chi connectivity index (χ4v) is 4.90. The first-order chi connectivity index (χ1) is 15.7. The topological polar surface area (TPSA) is 70.4 Å². The number of carbonyl (C=O) groups is 1. The van der Waals surface area contributed by atoms with Crippen molar-refractivity contribution >= 4 is 11.6 Å². The number of likely N-dealkylation sites (tertiary alicyclic amines) is 1. The van der Waals surface area contributed by atoms with Crippen molar-refractivity contribution in [3.8, 4) is 5.69 Å². The molecular formula is C24H29N7O. The molecule has 0 saturated carbocycles. The number of piperazine rings is 1. The Morgan fingerprint density at radius 3 is 2.47 bits per heavy atom. The predicted molar refractivity (Wildman–Crippen MR) is 123 cm³/mol. The van der Waals surface area contributed by atoms with Gasteiger partial charge < -0.3 is 9.80 Å². The molecule has 0 N–H and O–H groups in total. The molecule has 1 atom stereocenters. The highest BCUT2D eigenvalue weighted by atomic mass is 16.2. The number of amides is 1. The lowest BCUT2D eigenvalue weighted by molar-refractivity contribution is 0.0563. The second-order valence-electron chi connectivity index (χ2n) is 8.66. The summed E-state index contributed by atoms with van der Waals surface area (Å²) in [6.45, 7) is 7.97. The third kappa shape index (κ3) is 4.23. The summed E-state index contributed by atoms with van der Waals surface area (Å²) in [5.41, 5.74) is 4.24. The number of rotatable bonds is 4. The van der Waals surface area contributed by atoms with Crippen molar-refractivity contribution in [2.24, 2.45) is 0 Å². The molecular weight excluding hydrogens is 402 g/mol. The number of aromatic nitrogens is 4. The summed E-state index contributed by atoms with van der Waals surface area (Å²) in [6, 6.07) is 16.6. The van der Waals surface area contributed by atoms with E-state index in [9.17, 15) is 4.79 Å². The summed E-state index contributed by atoms with van der Waals surface area (Å²) in [6.07, 6.45) is 3.76. The van der Waals surface area contributed by atoms with E-state index in [0.717, 1.165) is 57.8 Å². The first kappa shape index (κ1) is 20.6. The maximum Gasteiger partial charge on any atom is 0.253 e. The summed E-state index contributed by atoms with van der Waals surface area (Å²) in [4.78, 5) is 20.2. The van der Waals surface area contributed by atoms with E-state index in [0.29, 0.717) is 11.6 Å². The van der Waals surface area contributed by atoms with E-state index in [1.54, 1.807) is 11.0 Å². The van der Waals surface area contributed by atoms with E-state index in [2.05, 4.69) is 56.5 Å². The summed E-state index contributed by atoms with van der Waals surface area (Å²) in [7, 11) is 0. The zero-order chi connectivity index (χ0) is 21.9. The molecule has 1 aromatic heterocycles. The molecule has 5 rings (SSSR count). The molecule has 2 aliphatic rings. The van der Waals surface area contributed by atoms with Crippen LogP contribution >= 0.6 is 0 Å². The largest absolute Gasteiger partial charge is 0.369 e. The average Bonchev–Trinajstić information content (AvgIpc) is 3.39. The van der Waals surface area contributed by atoms with Gasteiger partial charge in [0.1, 0.15) is 6.33 Å². The van der Waals surface area contributed by atoms with Crippen LogP contribution in [0.3, 0.4) is 0 Å². The Morgan fingerprint density at radius 2 is 1.75 bits per heavy atom. The first-order valence-corrected chi connectivity index (χ1v) is 11.4. The lowest BCUT2D eigenvalue weighted by atomic mass is 10.0. The number of tetrazole rings is 1. The SMILES string of the molecule is Cc1ccccc1N1CCN([C@@H]2CCCN(C(=O)c3ccc(-n4cnnn4)cc3)C2)CC1. The molecule has 1 amide bonds. The summed E-state index contributed by atoms with van der Waals surface area (Å²) >= 11 is 0. The van der Waals surface area contributed by atoms with Gasteiger partial charge >= 0.3 is 0 Å². The smallest absolute Gasteiger partial charge is 0.253 e. The van der Waals surface area contributed by atoms with Crippen LogP contribution in [0.15, 0.2) is 54.9 Å². The van der Waals surface area contributed by atoms with Gasteiger partial charge in [0.2, 0.25) is 0 Å². The van der Waals surface area contributed by atoms with E-state index in [1.165, 1.54) is 11.3 Å². The lowest BCUT2D eigenvalue weighted by Gasteiger charge is -2.44. The lowest BCUT2D eigenvalue weighted by Crippen LogP contribution is -2.56. The van der Waals surface area contributed by atoms with Gasteiger partial charge in [-0.3, -0.25) is 9.69 Å². The molecule has 8 nitrogen and oxygen atoms in total. The van der Waals surface area contributed by atoms with Crippen molar-refractivity contribution in [3.05, 3.63) is 66.0 Å². The molecule has 2 fully saturated rings. The monoisotopic (exact) mass is 431 g/mol. The third-order valence-electron chi connectivity index (χ3n) is 6.70. The summed E-state index contributed by atoms with van der Waals surface area (Å²) in [5.74, 6) is 0.108. The molecule has 8 heteroatoms. The Morgan fingerprint density at radius 1 is 0.969 bits per heavy atom. The van der Waals surface area contributed by atoms with E-state index < -0.39 is 0 Å². The van der Waals surface area contributed by atoms with Gasteiger partial charge in [-0.1, -0.05) is 18.2 Å². The van der Waals surface area contributed by atoms with E-state index >= 15 is 0 Å². The number of benzene rings is 2. The molecule has 2 aliphatic heterocycles. The van der Waals surface area contributed by atoms with Crippen LogP contribution in [0, 0.1) is 6.92 Å². The first-order valence-electron chi connectivity index (χ1n) is 11.4. The van der Waals surface area contributed by atoms with Crippen LogP contribution in [0.5, 0.6) is 0 Å². The minimum absolute atomic E-state index is 0.108. The van der Waals surface area contributed by atoms with Gasteiger partial charge in [-0.05, 0) is 66.1 Å². The Labute approximate surface area is 188 Å². The van der Waals surface area contributed by atoms with Crippen molar-refractivity contribution in [3.63, 3.8) is 0 Å². The van der Waals surface area contributed by atoms with Crippen LogP contribution in [-0.4, -0.2) is 81.2 Å². The molecule has 32 heavy (non-hydrogen) atoms. The normalized spacial score (nSPS) is 19.8. The summed E-state index contributed by atoms with van der Waals surface area (Å²) < 4.78 is 1.59. The number of para-hydroxylation sites is 1. The molecule has 0 spiro atoms. The highest BCUT2D eigenvalue weighted by Gasteiger charge is 2.30. The molecule has 0 aliphatic carbocycles.